The van der Waals surface area contributed by atoms with Gasteiger partial charge >= 0.3 is 0 Å². The van der Waals surface area contributed by atoms with Gasteiger partial charge in [-0.3, -0.25) is 4.79 Å². The normalized spacial score (nSPS) is 10.2. The van der Waals surface area contributed by atoms with Crippen LogP contribution < -0.4 is 20.1 Å². The molecule has 0 unspecified atom stereocenters. The van der Waals surface area contributed by atoms with Crippen LogP contribution in [0.4, 0.5) is 0 Å². The van der Waals surface area contributed by atoms with Crippen molar-refractivity contribution in [1.29, 1.82) is 0 Å². The van der Waals surface area contributed by atoms with E-state index in [0.717, 1.165) is 19.5 Å². The van der Waals surface area contributed by atoms with Crippen molar-refractivity contribution in [3.05, 3.63) is 48.7 Å². The van der Waals surface area contributed by atoms with Gasteiger partial charge in [0.1, 0.15) is 11.5 Å². The third kappa shape index (κ3) is 6.66. The molecule has 0 fully saturated rings. The molecule has 1 amide bonds. The minimum atomic E-state index is -0.137. The fourth-order valence-electron chi connectivity index (χ4n) is 1.92. The maximum absolute atomic E-state index is 11.7. The number of pyridine rings is 1. The van der Waals surface area contributed by atoms with Crippen molar-refractivity contribution in [2.24, 2.45) is 0 Å². The predicted molar refractivity (Wildman–Crippen MR) is 92.4 cm³/mol. The largest absolute Gasteiger partial charge is 0.484 e. The van der Waals surface area contributed by atoms with Crippen molar-refractivity contribution in [1.82, 2.24) is 15.6 Å². The van der Waals surface area contributed by atoms with Gasteiger partial charge in [0.15, 0.2) is 6.61 Å². The molecule has 0 spiro atoms. The predicted octanol–water partition coefficient (Wildman–Crippen LogP) is 2.37. The molecule has 1 heterocycles. The molecule has 6 nitrogen and oxygen atoms in total. The maximum Gasteiger partial charge on any atom is 0.257 e. The first-order chi connectivity index (χ1) is 11.8. The van der Waals surface area contributed by atoms with Crippen LogP contribution in [0.5, 0.6) is 17.4 Å². The van der Waals surface area contributed by atoms with E-state index in [1.807, 2.05) is 12.1 Å². The van der Waals surface area contributed by atoms with Crippen LogP contribution in [-0.2, 0) is 4.79 Å². The van der Waals surface area contributed by atoms with E-state index in [4.69, 9.17) is 9.47 Å². The molecule has 0 saturated carbocycles. The van der Waals surface area contributed by atoms with Gasteiger partial charge in [0, 0.05) is 25.4 Å². The molecule has 24 heavy (non-hydrogen) atoms. The molecule has 2 rings (SSSR count). The zero-order chi connectivity index (χ0) is 17.0. The molecule has 0 aliphatic rings. The van der Waals surface area contributed by atoms with E-state index in [0.29, 0.717) is 23.9 Å². The summed E-state index contributed by atoms with van der Waals surface area (Å²) >= 11 is 0. The second-order valence-electron chi connectivity index (χ2n) is 5.13. The number of nitrogens with one attached hydrogen (secondary N) is 2. The highest BCUT2D eigenvalue weighted by Gasteiger charge is 2.03. The van der Waals surface area contributed by atoms with Crippen LogP contribution in [0.15, 0.2) is 48.7 Å². The number of ether oxygens (including phenoxy) is 2. The zero-order valence-corrected chi connectivity index (χ0v) is 13.8. The van der Waals surface area contributed by atoms with Crippen LogP contribution in [0.25, 0.3) is 0 Å². The SMILES string of the molecule is CCCNCCNC(=O)COc1ccc(Oc2ccccn2)cc1. The minimum absolute atomic E-state index is 0.00573. The highest BCUT2D eigenvalue weighted by Crippen LogP contribution is 2.21. The average Bonchev–Trinajstić information content (AvgIpc) is 2.62. The molecule has 2 aromatic rings. The van der Waals surface area contributed by atoms with Gasteiger partial charge in [-0.2, -0.15) is 0 Å². The molecule has 0 aliphatic heterocycles. The van der Waals surface area contributed by atoms with E-state index < -0.39 is 0 Å². The second kappa shape index (κ2) is 10.2. The number of benzene rings is 1. The third-order valence-corrected chi connectivity index (χ3v) is 3.10. The summed E-state index contributed by atoms with van der Waals surface area (Å²) < 4.78 is 11.0. The lowest BCUT2D eigenvalue weighted by Gasteiger charge is -2.09. The Hall–Kier alpha value is -2.60. The Balaban J connectivity index is 1.69. The van der Waals surface area contributed by atoms with Crippen LogP contribution >= 0.6 is 0 Å². The molecule has 6 heteroatoms. The van der Waals surface area contributed by atoms with Gasteiger partial charge in [0.25, 0.3) is 5.91 Å². The maximum atomic E-state index is 11.7. The van der Waals surface area contributed by atoms with Crippen molar-refractivity contribution in [3.8, 4) is 17.4 Å². The molecular formula is C18H23N3O3. The molecule has 2 N–H and O–H groups in total. The average molecular weight is 329 g/mol. The van der Waals surface area contributed by atoms with Crippen LogP contribution in [0.1, 0.15) is 13.3 Å². The van der Waals surface area contributed by atoms with Crippen molar-refractivity contribution >= 4 is 5.91 Å². The number of carbonyl (C=O) groups is 1. The Morgan fingerprint density at radius 1 is 1.04 bits per heavy atom. The van der Waals surface area contributed by atoms with Crippen LogP contribution in [0.2, 0.25) is 0 Å². The molecule has 0 bridgehead atoms. The molecule has 0 aliphatic carbocycles. The lowest BCUT2D eigenvalue weighted by Crippen LogP contribution is -2.34. The summed E-state index contributed by atoms with van der Waals surface area (Å²) in [6.07, 6.45) is 2.75. The summed E-state index contributed by atoms with van der Waals surface area (Å²) in [7, 11) is 0. The number of hydrogen-bond donors (Lipinski definition) is 2. The van der Waals surface area contributed by atoms with E-state index in [-0.39, 0.29) is 12.5 Å². The highest BCUT2D eigenvalue weighted by molar-refractivity contribution is 5.77. The summed E-state index contributed by atoms with van der Waals surface area (Å²) in [5.41, 5.74) is 0. The van der Waals surface area contributed by atoms with Gasteiger partial charge in [0.05, 0.1) is 0 Å². The molecule has 1 aromatic carbocycles. The summed E-state index contributed by atoms with van der Waals surface area (Å²) in [6.45, 7) is 4.41. The van der Waals surface area contributed by atoms with E-state index in [2.05, 4.69) is 22.5 Å². The van der Waals surface area contributed by atoms with Crippen molar-refractivity contribution < 1.29 is 14.3 Å². The first-order valence-electron chi connectivity index (χ1n) is 8.07. The number of carbonyl (C=O) groups excluding carboxylic acids is 1. The number of nitrogens with zero attached hydrogens (tertiary/aromatic N) is 1. The Bertz CT molecular complexity index is 603. The number of rotatable bonds is 10. The van der Waals surface area contributed by atoms with Crippen molar-refractivity contribution in [2.45, 2.75) is 13.3 Å². The standard InChI is InChI=1S/C18H23N3O3/c1-2-10-19-12-13-20-17(22)14-23-15-6-8-16(9-7-15)24-18-5-3-4-11-21-18/h3-9,11,19H,2,10,12-14H2,1H3,(H,20,22). The lowest BCUT2D eigenvalue weighted by atomic mass is 10.3. The third-order valence-electron chi connectivity index (χ3n) is 3.10. The first kappa shape index (κ1) is 17.7. The monoisotopic (exact) mass is 329 g/mol. The molecule has 1 aromatic heterocycles. The highest BCUT2D eigenvalue weighted by atomic mass is 16.5. The Morgan fingerprint density at radius 3 is 2.54 bits per heavy atom. The molecular weight excluding hydrogens is 306 g/mol. The number of hydrogen-bond acceptors (Lipinski definition) is 5. The molecule has 128 valence electrons. The van der Waals surface area contributed by atoms with Crippen LogP contribution in [0, 0.1) is 0 Å². The lowest BCUT2D eigenvalue weighted by molar-refractivity contribution is -0.123. The van der Waals surface area contributed by atoms with E-state index in [9.17, 15) is 4.79 Å². The van der Waals surface area contributed by atoms with Crippen molar-refractivity contribution in [2.75, 3.05) is 26.2 Å². The van der Waals surface area contributed by atoms with Crippen LogP contribution in [0.3, 0.4) is 0 Å². The number of amides is 1. The molecule has 0 atom stereocenters. The summed E-state index contributed by atoms with van der Waals surface area (Å²) in [5.74, 6) is 1.67. The Kier molecular flexibility index (Phi) is 7.56. The summed E-state index contributed by atoms with van der Waals surface area (Å²) in [5, 5.41) is 6.01. The zero-order valence-electron chi connectivity index (χ0n) is 13.8. The summed E-state index contributed by atoms with van der Waals surface area (Å²) in [6, 6.07) is 12.5. The van der Waals surface area contributed by atoms with Gasteiger partial charge in [-0.1, -0.05) is 13.0 Å². The van der Waals surface area contributed by atoms with Crippen molar-refractivity contribution in [3.63, 3.8) is 0 Å². The van der Waals surface area contributed by atoms with Crippen LogP contribution in [-0.4, -0.2) is 37.1 Å². The van der Waals surface area contributed by atoms with E-state index in [1.54, 1.807) is 36.5 Å². The quantitative estimate of drug-likeness (QED) is 0.655. The van der Waals surface area contributed by atoms with Gasteiger partial charge in [0.2, 0.25) is 5.88 Å². The smallest absolute Gasteiger partial charge is 0.257 e. The number of aromatic nitrogens is 1. The van der Waals surface area contributed by atoms with E-state index in [1.165, 1.54) is 0 Å². The minimum Gasteiger partial charge on any atom is -0.484 e. The topological polar surface area (TPSA) is 72.5 Å². The van der Waals surface area contributed by atoms with Gasteiger partial charge in [-0.25, -0.2) is 4.98 Å². The van der Waals surface area contributed by atoms with E-state index >= 15 is 0 Å². The Morgan fingerprint density at radius 2 is 1.83 bits per heavy atom. The van der Waals surface area contributed by atoms with Gasteiger partial charge in [-0.05, 0) is 43.3 Å². The molecule has 0 radical (unpaired) electrons. The molecule has 0 saturated heterocycles. The second-order valence-corrected chi connectivity index (χ2v) is 5.13. The van der Waals surface area contributed by atoms with Gasteiger partial charge < -0.3 is 20.1 Å². The fraction of sp³-hybridized carbons (Fsp3) is 0.333. The Labute approximate surface area is 142 Å². The summed E-state index contributed by atoms with van der Waals surface area (Å²) in [4.78, 5) is 15.8. The first-order valence-corrected chi connectivity index (χ1v) is 8.07. The van der Waals surface area contributed by atoms with Gasteiger partial charge in [-0.15, -0.1) is 0 Å². The fourth-order valence-corrected chi connectivity index (χ4v) is 1.92.